The molecule has 0 aliphatic rings. The fourth-order valence-corrected chi connectivity index (χ4v) is 1.28. The lowest BCUT2D eigenvalue weighted by atomic mass is 10.2. The van der Waals surface area contributed by atoms with Gasteiger partial charge in [-0.1, -0.05) is 13.0 Å². The zero-order valence-corrected chi connectivity index (χ0v) is 10.1. The average molecular weight is 235 g/mol. The third-order valence-corrected chi connectivity index (χ3v) is 2.18. The van der Waals surface area contributed by atoms with Gasteiger partial charge in [-0.2, -0.15) is 0 Å². The second-order valence-electron chi connectivity index (χ2n) is 3.56. The molecule has 0 atom stereocenters. The Labute approximate surface area is 101 Å². The Hall–Kier alpha value is -1.97. The van der Waals surface area contributed by atoms with Gasteiger partial charge in [0, 0.05) is 12.6 Å². The Morgan fingerprint density at radius 1 is 1.53 bits per heavy atom. The van der Waals surface area contributed by atoms with Crippen LogP contribution in [0.25, 0.3) is 6.08 Å². The van der Waals surface area contributed by atoms with Crippen molar-refractivity contribution in [1.29, 1.82) is 0 Å². The summed E-state index contributed by atoms with van der Waals surface area (Å²) in [5, 5.41) is 12.1. The maximum Gasteiger partial charge on any atom is 0.243 e. The molecule has 0 radical (unpaired) electrons. The SMILES string of the molecule is CCCNC(=O)/C=C/c1ccc(O)c(OC)c1. The zero-order chi connectivity index (χ0) is 12.7. The van der Waals surface area contributed by atoms with Crippen molar-refractivity contribution in [3.8, 4) is 11.5 Å². The van der Waals surface area contributed by atoms with E-state index >= 15 is 0 Å². The standard InChI is InChI=1S/C13H17NO3/c1-3-8-14-13(16)7-5-10-4-6-11(15)12(9-10)17-2/h4-7,9,15H,3,8H2,1-2H3,(H,14,16)/b7-5+. The van der Waals surface area contributed by atoms with E-state index in [-0.39, 0.29) is 11.7 Å². The molecule has 0 aromatic heterocycles. The summed E-state index contributed by atoms with van der Waals surface area (Å²) in [6.07, 6.45) is 4.04. The third-order valence-electron chi connectivity index (χ3n) is 2.18. The summed E-state index contributed by atoms with van der Waals surface area (Å²) in [5.74, 6) is 0.347. The van der Waals surface area contributed by atoms with Crippen LogP contribution >= 0.6 is 0 Å². The van der Waals surface area contributed by atoms with E-state index in [4.69, 9.17) is 4.74 Å². The van der Waals surface area contributed by atoms with E-state index in [1.807, 2.05) is 6.92 Å². The van der Waals surface area contributed by atoms with Gasteiger partial charge in [-0.05, 0) is 30.2 Å². The first-order valence-corrected chi connectivity index (χ1v) is 5.50. The topological polar surface area (TPSA) is 58.6 Å². The molecule has 1 rings (SSSR count). The zero-order valence-electron chi connectivity index (χ0n) is 10.1. The second kappa shape index (κ2) is 6.58. The number of amides is 1. The summed E-state index contributed by atoms with van der Waals surface area (Å²) in [4.78, 5) is 11.3. The number of phenolic OH excluding ortho intramolecular Hbond substituents is 1. The first-order chi connectivity index (χ1) is 8.17. The van der Waals surface area contributed by atoms with Crippen molar-refractivity contribution in [2.45, 2.75) is 13.3 Å². The molecule has 4 heteroatoms. The number of nitrogens with one attached hydrogen (secondary N) is 1. The number of hydrogen-bond acceptors (Lipinski definition) is 3. The summed E-state index contributed by atoms with van der Waals surface area (Å²) < 4.78 is 4.97. The molecule has 0 saturated heterocycles. The van der Waals surface area contributed by atoms with Crippen molar-refractivity contribution in [1.82, 2.24) is 5.32 Å². The van der Waals surface area contributed by atoms with Crippen LogP contribution < -0.4 is 10.1 Å². The lowest BCUT2D eigenvalue weighted by Crippen LogP contribution is -2.21. The van der Waals surface area contributed by atoms with Gasteiger partial charge < -0.3 is 15.2 Å². The lowest BCUT2D eigenvalue weighted by Gasteiger charge is -2.03. The van der Waals surface area contributed by atoms with Crippen molar-refractivity contribution in [3.63, 3.8) is 0 Å². The number of benzene rings is 1. The molecule has 0 aliphatic carbocycles. The van der Waals surface area contributed by atoms with Gasteiger partial charge in [0.1, 0.15) is 0 Å². The van der Waals surface area contributed by atoms with Gasteiger partial charge in [-0.25, -0.2) is 0 Å². The minimum atomic E-state index is -0.126. The fourth-order valence-electron chi connectivity index (χ4n) is 1.28. The van der Waals surface area contributed by atoms with Gasteiger partial charge in [0.25, 0.3) is 0 Å². The molecule has 17 heavy (non-hydrogen) atoms. The number of rotatable bonds is 5. The summed E-state index contributed by atoms with van der Waals surface area (Å²) in [7, 11) is 1.48. The first kappa shape index (κ1) is 13.1. The highest BCUT2D eigenvalue weighted by atomic mass is 16.5. The molecule has 4 nitrogen and oxygen atoms in total. The minimum Gasteiger partial charge on any atom is -0.504 e. The Kier molecular flexibility index (Phi) is 5.07. The molecule has 1 aromatic carbocycles. The molecule has 0 aliphatic heterocycles. The van der Waals surface area contributed by atoms with E-state index in [2.05, 4.69) is 5.32 Å². The van der Waals surface area contributed by atoms with Gasteiger partial charge in [0.15, 0.2) is 11.5 Å². The lowest BCUT2D eigenvalue weighted by molar-refractivity contribution is -0.116. The molecule has 0 heterocycles. The number of methoxy groups -OCH3 is 1. The van der Waals surface area contributed by atoms with Crippen LogP contribution in [0.5, 0.6) is 11.5 Å². The van der Waals surface area contributed by atoms with E-state index in [1.54, 1.807) is 18.2 Å². The molecule has 0 spiro atoms. The number of carbonyl (C=O) groups is 1. The Balaban J connectivity index is 2.68. The van der Waals surface area contributed by atoms with Crippen LogP contribution in [-0.2, 0) is 4.79 Å². The fraction of sp³-hybridized carbons (Fsp3) is 0.308. The quantitative estimate of drug-likeness (QED) is 0.767. The minimum absolute atomic E-state index is 0.0834. The summed E-state index contributed by atoms with van der Waals surface area (Å²) in [6, 6.07) is 4.91. The predicted molar refractivity (Wildman–Crippen MR) is 67.0 cm³/mol. The summed E-state index contributed by atoms with van der Waals surface area (Å²) in [6.45, 7) is 2.66. The molecule has 1 aromatic rings. The molecule has 0 saturated carbocycles. The number of carbonyl (C=O) groups excluding carboxylic acids is 1. The van der Waals surface area contributed by atoms with Gasteiger partial charge in [-0.3, -0.25) is 4.79 Å². The first-order valence-electron chi connectivity index (χ1n) is 5.50. The highest BCUT2D eigenvalue weighted by molar-refractivity contribution is 5.91. The predicted octanol–water partition coefficient (Wildman–Crippen LogP) is 1.94. The number of hydrogen-bond donors (Lipinski definition) is 2. The Bertz CT molecular complexity index is 413. The molecule has 92 valence electrons. The van der Waals surface area contributed by atoms with E-state index in [1.165, 1.54) is 19.3 Å². The molecular weight excluding hydrogens is 218 g/mol. The van der Waals surface area contributed by atoms with Crippen LogP contribution in [0.3, 0.4) is 0 Å². The Morgan fingerprint density at radius 3 is 2.94 bits per heavy atom. The monoisotopic (exact) mass is 235 g/mol. The maximum absolute atomic E-state index is 11.3. The van der Waals surface area contributed by atoms with Crippen molar-refractivity contribution in [3.05, 3.63) is 29.8 Å². The second-order valence-corrected chi connectivity index (χ2v) is 3.56. The number of ether oxygens (including phenoxy) is 1. The smallest absolute Gasteiger partial charge is 0.243 e. The number of phenols is 1. The van der Waals surface area contributed by atoms with Gasteiger partial charge in [-0.15, -0.1) is 0 Å². The molecule has 1 amide bonds. The molecule has 0 fully saturated rings. The Morgan fingerprint density at radius 2 is 2.29 bits per heavy atom. The van der Waals surface area contributed by atoms with Crippen molar-refractivity contribution in [2.24, 2.45) is 0 Å². The van der Waals surface area contributed by atoms with Crippen molar-refractivity contribution in [2.75, 3.05) is 13.7 Å². The van der Waals surface area contributed by atoms with Crippen LogP contribution in [0.15, 0.2) is 24.3 Å². The van der Waals surface area contributed by atoms with E-state index in [0.717, 1.165) is 12.0 Å². The molecular formula is C13H17NO3. The third kappa shape index (κ3) is 4.18. The maximum atomic E-state index is 11.3. The van der Waals surface area contributed by atoms with Crippen LogP contribution in [0.1, 0.15) is 18.9 Å². The summed E-state index contributed by atoms with van der Waals surface area (Å²) >= 11 is 0. The van der Waals surface area contributed by atoms with E-state index < -0.39 is 0 Å². The van der Waals surface area contributed by atoms with Crippen LogP contribution in [-0.4, -0.2) is 24.7 Å². The van der Waals surface area contributed by atoms with Crippen LogP contribution in [0, 0.1) is 0 Å². The highest BCUT2D eigenvalue weighted by Crippen LogP contribution is 2.26. The molecule has 0 bridgehead atoms. The normalized spacial score (nSPS) is 10.5. The molecule has 2 N–H and O–H groups in total. The van der Waals surface area contributed by atoms with E-state index in [9.17, 15) is 9.90 Å². The van der Waals surface area contributed by atoms with Crippen molar-refractivity contribution < 1.29 is 14.6 Å². The highest BCUT2D eigenvalue weighted by Gasteiger charge is 2.00. The van der Waals surface area contributed by atoms with Gasteiger partial charge in [0.05, 0.1) is 7.11 Å². The summed E-state index contributed by atoms with van der Waals surface area (Å²) in [5.41, 5.74) is 0.797. The van der Waals surface area contributed by atoms with Crippen LogP contribution in [0.4, 0.5) is 0 Å². The van der Waals surface area contributed by atoms with Gasteiger partial charge in [0.2, 0.25) is 5.91 Å². The van der Waals surface area contributed by atoms with E-state index in [0.29, 0.717) is 12.3 Å². The van der Waals surface area contributed by atoms with Crippen molar-refractivity contribution >= 4 is 12.0 Å². The van der Waals surface area contributed by atoms with Gasteiger partial charge >= 0.3 is 0 Å². The molecule has 0 unspecified atom stereocenters. The largest absolute Gasteiger partial charge is 0.504 e. The number of aromatic hydroxyl groups is 1. The van der Waals surface area contributed by atoms with Crippen LogP contribution in [0.2, 0.25) is 0 Å². The average Bonchev–Trinajstić information content (AvgIpc) is 2.35.